The minimum atomic E-state index is 0.510. The molecule has 2 rings (SSSR count). The van der Waals surface area contributed by atoms with Crippen molar-refractivity contribution in [2.45, 2.75) is 5.25 Å². The van der Waals surface area contributed by atoms with E-state index in [1.54, 1.807) is 11.8 Å². The first-order chi connectivity index (χ1) is 5.47. The maximum absolute atomic E-state index is 4.05. The summed E-state index contributed by atoms with van der Waals surface area (Å²) in [4.78, 5) is 4.05. The highest BCUT2D eigenvalue weighted by Crippen LogP contribution is 2.30. The van der Waals surface area contributed by atoms with Crippen LogP contribution in [0, 0.1) is 0 Å². The van der Waals surface area contributed by atoms with E-state index in [4.69, 9.17) is 0 Å². The van der Waals surface area contributed by atoms with E-state index >= 15 is 0 Å². The molecule has 1 aliphatic rings. The Hall–Kier alpha value is -0.760. The van der Waals surface area contributed by atoms with Gasteiger partial charge in [-0.15, -0.1) is 0 Å². The molecule has 0 amide bonds. The lowest BCUT2D eigenvalue weighted by Crippen LogP contribution is -1.91. The van der Waals surface area contributed by atoms with Crippen LogP contribution in [0.1, 0.15) is 10.8 Å². The maximum atomic E-state index is 4.05. The summed E-state index contributed by atoms with van der Waals surface area (Å²) in [6, 6.07) is 10.4. The SMILES string of the molecule is [C]1=NCC(c2ccccc2)S1. The lowest BCUT2D eigenvalue weighted by molar-refractivity contribution is 0.968. The van der Waals surface area contributed by atoms with E-state index in [2.05, 4.69) is 34.8 Å². The van der Waals surface area contributed by atoms with Crippen molar-refractivity contribution in [3.63, 3.8) is 0 Å². The molecule has 1 radical (unpaired) electrons. The molecular formula is C9H8NS. The normalized spacial score (nSPS) is 22.4. The van der Waals surface area contributed by atoms with Crippen LogP contribution >= 0.6 is 11.8 Å². The topological polar surface area (TPSA) is 12.4 Å². The second-order valence-corrected chi connectivity index (χ2v) is 3.44. The standard InChI is InChI=1S/C9H8NS/c1-2-4-8(5-3-1)9-6-10-7-11-9/h1-5,9H,6H2. The Morgan fingerprint density at radius 3 is 2.82 bits per heavy atom. The van der Waals surface area contributed by atoms with Gasteiger partial charge in [-0.25, -0.2) is 0 Å². The Morgan fingerprint density at radius 1 is 1.36 bits per heavy atom. The van der Waals surface area contributed by atoms with E-state index in [1.807, 2.05) is 6.07 Å². The molecular weight excluding hydrogens is 154 g/mol. The number of hydrogen-bond donors (Lipinski definition) is 0. The van der Waals surface area contributed by atoms with Crippen LogP contribution in [0.3, 0.4) is 0 Å². The molecule has 1 heterocycles. The first-order valence-corrected chi connectivity index (χ1v) is 4.47. The predicted molar refractivity (Wildman–Crippen MR) is 49.1 cm³/mol. The van der Waals surface area contributed by atoms with Crippen LogP contribution in [-0.2, 0) is 0 Å². The molecule has 1 atom stereocenters. The monoisotopic (exact) mass is 162 g/mol. The Kier molecular flexibility index (Phi) is 1.95. The van der Waals surface area contributed by atoms with Crippen LogP contribution in [-0.4, -0.2) is 12.1 Å². The summed E-state index contributed by atoms with van der Waals surface area (Å²) >= 11 is 1.68. The molecule has 0 saturated carbocycles. The summed E-state index contributed by atoms with van der Waals surface area (Å²) in [6.07, 6.45) is 0. The molecule has 1 aromatic carbocycles. The molecule has 0 N–H and O–H groups in total. The minimum Gasteiger partial charge on any atom is -0.274 e. The van der Waals surface area contributed by atoms with Gasteiger partial charge in [0.2, 0.25) is 0 Å². The largest absolute Gasteiger partial charge is 0.274 e. The van der Waals surface area contributed by atoms with Gasteiger partial charge in [-0.05, 0) is 5.56 Å². The van der Waals surface area contributed by atoms with Crippen molar-refractivity contribution in [2.75, 3.05) is 6.54 Å². The number of thioether (sulfide) groups is 1. The third-order valence-electron chi connectivity index (χ3n) is 1.69. The predicted octanol–water partition coefficient (Wildman–Crippen LogP) is 2.38. The van der Waals surface area contributed by atoms with Crippen LogP contribution in [0.2, 0.25) is 0 Å². The molecule has 0 bridgehead atoms. The molecule has 0 spiro atoms. The van der Waals surface area contributed by atoms with E-state index in [0.29, 0.717) is 5.25 Å². The maximum Gasteiger partial charge on any atom is 0.123 e. The van der Waals surface area contributed by atoms with Gasteiger partial charge < -0.3 is 0 Å². The van der Waals surface area contributed by atoms with E-state index in [-0.39, 0.29) is 0 Å². The second-order valence-electron chi connectivity index (χ2n) is 2.45. The zero-order valence-electron chi connectivity index (χ0n) is 6.03. The lowest BCUT2D eigenvalue weighted by atomic mass is 10.1. The molecule has 55 valence electrons. The van der Waals surface area contributed by atoms with Gasteiger partial charge in [0.25, 0.3) is 0 Å². The molecule has 0 fully saturated rings. The van der Waals surface area contributed by atoms with E-state index in [1.165, 1.54) is 5.56 Å². The Bertz CT molecular complexity index is 248. The van der Waals surface area contributed by atoms with Crippen molar-refractivity contribution in [3.05, 3.63) is 35.9 Å². The summed E-state index contributed by atoms with van der Waals surface area (Å²) < 4.78 is 0. The zero-order chi connectivity index (χ0) is 7.52. The highest BCUT2D eigenvalue weighted by Gasteiger charge is 2.13. The van der Waals surface area contributed by atoms with E-state index < -0.39 is 0 Å². The number of aliphatic imine (C=N–C) groups is 1. The van der Waals surface area contributed by atoms with E-state index in [9.17, 15) is 0 Å². The Balaban J connectivity index is 2.17. The minimum absolute atomic E-state index is 0.510. The Morgan fingerprint density at radius 2 is 2.18 bits per heavy atom. The first-order valence-electron chi connectivity index (χ1n) is 3.59. The molecule has 2 heteroatoms. The summed E-state index contributed by atoms with van der Waals surface area (Å²) in [6.45, 7) is 0.884. The summed E-state index contributed by atoms with van der Waals surface area (Å²) in [5.74, 6) is 0. The third-order valence-corrected chi connectivity index (χ3v) is 2.63. The van der Waals surface area contributed by atoms with Crippen molar-refractivity contribution in [1.29, 1.82) is 0 Å². The van der Waals surface area contributed by atoms with Gasteiger partial charge in [0, 0.05) is 0 Å². The summed E-state index contributed by atoms with van der Waals surface area (Å²) in [5, 5.41) is 0.510. The fourth-order valence-electron chi connectivity index (χ4n) is 1.10. The molecule has 1 aromatic rings. The number of rotatable bonds is 1. The molecule has 1 unspecified atom stereocenters. The van der Waals surface area contributed by atoms with E-state index in [0.717, 1.165) is 6.54 Å². The van der Waals surface area contributed by atoms with Gasteiger partial charge in [-0.2, -0.15) is 0 Å². The highest BCUT2D eigenvalue weighted by atomic mass is 32.2. The second kappa shape index (κ2) is 3.09. The van der Waals surface area contributed by atoms with Crippen LogP contribution in [0.25, 0.3) is 0 Å². The summed E-state index contributed by atoms with van der Waals surface area (Å²) in [5.41, 5.74) is 4.27. The lowest BCUT2D eigenvalue weighted by Gasteiger charge is -2.05. The van der Waals surface area contributed by atoms with Gasteiger partial charge >= 0.3 is 0 Å². The van der Waals surface area contributed by atoms with Crippen LogP contribution in [0.15, 0.2) is 35.3 Å². The zero-order valence-corrected chi connectivity index (χ0v) is 6.84. The van der Waals surface area contributed by atoms with Gasteiger partial charge in [0.1, 0.15) is 5.55 Å². The molecule has 0 aromatic heterocycles. The van der Waals surface area contributed by atoms with Crippen molar-refractivity contribution in [2.24, 2.45) is 4.99 Å². The van der Waals surface area contributed by atoms with Gasteiger partial charge in [-0.1, -0.05) is 42.1 Å². The van der Waals surface area contributed by atoms with Crippen LogP contribution < -0.4 is 0 Å². The molecule has 1 aliphatic heterocycles. The highest BCUT2D eigenvalue weighted by molar-refractivity contribution is 8.12. The van der Waals surface area contributed by atoms with Gasteiger partial charge in [0.05, 0.1) is 11.8 Å². The van der Waals surface area contributed by atoms with Gasteiger partial charge in [0.15, 0.2) is 0 Å². The smallest absolute Gasteiger partial charge is 0.123 e. The van der Waals surface area contributed by atoms with Crippen LogP contribution in [0.4, 0.5) is 0 Å². The number of benzene rings is 1. The molecule has 11 heavy (non-hydrogen) atoms. The average molecular weight is 162 g/mol. The van der Waals surface area contributed by atoms with Gasteiger partial charge in [-0.3, -0.25) is 4.99 Å². The molecule has 0 saturated heterocycles. The first kappa shape index (κ1) is 6.92. The van der Waals surface area contributed by atoms with Crippen LogP contribution in [0.5, 0.6) is 0 Å². The average Bonchev–Trinajstić information content (AvgIpc) is 2.58. The molecule has 1 nitrogen and oxygen atoms in total. The fourth-order valence-corrected chi connectivity index (χ4v) is 1.82. The molecule has 0 aliphatic carbocycles. The van der Waals surface area contributed by atoms with Crippen molar-refractivity contribution in [1.82, 2.24) is 0 Å². The van der Waals surface area contributed by atoms with Crippen molar-refractivity contribution >= 4 is 17.3 Å². The number of hydrogen-bond acceptors (Lipinski definition) is 2. The van der Waals surface area contributed by atoms with Crippen molar-refractivity contribution in [3.8, 4) is 0 Å². The summed E-state index contributed by atoms with van der Waals surface area (Å²) in [7, 11) is 0. The number of nitrogens with zero attached hydrogens (tertiary/aromatic N) is 1. The third kappa shape index (κ3) is 1.46. The quantitative estimate of drug-likeness (QED) is 0.617. The fraction of sp³-hybridized carbons (Fsp3) is 0.222. The Labute approximate surface area is 70.5 Å². The van der Waals surface area contributed by atoms with Crippen molar-refractivity contribution < 1.29 is 0 Å².